The molecule has 0 atom stereocenters. The zero-order chi connectivity index (χ0) is 15.5. The SMILES string of the molecule is O=C1C(=CC=Cc2ccccc2[N+](=O)[O-])Sc2ccccc21. The summed E-state index contributed by atoms with van der Waals surface area (Å²) in [4.78, 5) is 24.3. The highest BCUT2D eigenvalue weighted by atomic mass is 32.2. The molecule has 0 N–H and O–H groups in total. The minimum atomic E-state index is -0.419. The van der Waals surface area contributed by atoms with Crippen molar-refractivity contribution in [2.75, 3.05) is 0 Å². The van der Waals surface area contributed by atoms with E-state index < -0.39 is 4.92 Å². The molecule has 5 heteroatoms. The maximum atomic E-state index is 12.2. The number of nitro benzene ring substituents is 1. The third kappa shape index (κ3) is 2.71. The number of fused-ring (bicyclic) bond motifs is 1. The Bertz CT molecular complexity index is 824. The number of hydrogen-bond acceptors (Lipinski definition) is 4. The molecular weight excluding hydrogens is 298 g/mol. The standard InChI is InChI=1S/C17H11NO3S/c19-17-13-8-2-4-10-15(13)22-16(17)11-5-7-12-6-1-3-9-14(12)18(20)21/h1-11H. The van der Waals surface area contributed by atoms with Crippen LogP contribution in [0.4, 0.5) is 5.69 Å². The Morgan fingerprint density at radius 1 is 1.05 bits per heavy atom. The van der Waals surface area contributed by atoms with Crippen molar-refractivity contribution < 1.29 is 9.72 Å². The number of Topliss-reactive ketones (excluding diaryl/α,β-unsaturated/α-hetero) is 1. The first kappa shape index (κ1) is 14.3. The van der Waals surface area contributed by atoms with Gasteiger partial charge in [0.05, 0.1) is 15.4 Å². The molecule has 0 amide bonds. The first-order chi connectivity index (χ1) is 10.7. The molecule has 0 saturated heterocycles. The van der Waals surface area contributed by atoms with E-state index in [0.717, 1.165) is 4.90 Å². The van der Waals surface area contributed by atoms with Crippen LogP contribution < -0.4 is 0 Å². The topological polar surface area (TPSA) is 60.2 Å². The summed E-state index contributed by atoms with van der Waals surface area (Å²) in [6.07, 6.45) is 5.01. The molecule has 4 nitrogen and oxygen atoms in total. The van der Waals surface area contributed by atoms with Gasteiger partial charge in [-0.1, -0.05) is 42.1 Å². The van der Waals surface area contributed by atoms with E-state index in [1.165, 1.54) is 17.8 Å². The fourth-order valence-electron chi connectivity index (χ4n) is 2.18. The summed E-state index contributed by atoms with van der Waals surface area (Å²) in [5, 5.41) is 10.9. The van der Waals surface area contributed by atoms with Crippen molar-refractivity contribution in [2.24, 2.45) is 0 Å². The Balaban J connectivity index is 1.84. The summed E-state index contributed by atoms with van der Waals surface area (Å²) in [6, 6.07) is 13.9. The van der Waals surface area contributed by atoms with Crippen LogP contribution in [0, 0.1) is 10.1 Å². The lowest BCUT2D eigenvalue weighted by Crippen LogP contribution is -1.93. The molecule has 1 heterocycles. The third-order valence-corrected chi connectivity index (χ3v) is 4.35. The van der Waals surface area contributed by atoms with Gasteiger partial charge in [-0.15, -0.1) is 0 Å². The first-order valence-electron chi connectivity index (χ1n) is 6.60. The summed E-state index contributed by atoms with van der Waals surface area (Å²) < 4.78 is 0. The Hall–Kier alpha value is -2.66. The number of hydrogen-bond donors (Lipinski definition) is 0. The lowest BCUT2D eigenvalue weighted by molar-refractivity contribution is -0.385. The molecule has 1 aliphatic rings. The number of ketones is 1. The highest BCUT2D eigenvalue weighted by Gasteiger charge is 2.24. The van der Waals surface area contributed by atoms with Gasteiger partial charge in [0.2, 0.25) is 5.78 Å². The van der Waals surface area contributed by atoms with E-state index in [9.17, 15) is 14.9 Å². The average Bonchev–Trinajstić information content (AvgIpc) is 2.85. The van der Waals surface area contributed by atoms with Gasteiger partial charge >= 0.3 is 0 Å². The molecule has 0 unspecified atom stereocenters. The van der Waals surface area contributed by atoms with Crippen LogP contribution in [0.5, 0.6) is 0 Å². The number of carbonyl (C=O) groups is 1. The molecule has 0 saturated carbocycles. The van der Waals surface area contributed by atoms with E-state index >= 15 is 0 Å². The van der Waals surface area contributed by atoms with Crippen molar-refractivity contribution in [3.8, 4) is 0 Å². The Morgan fingerprint density at radius 3 is 2.55 bits per heavy atom. The van der Waals surface area contributed by atoms with Crippen LogP contribution in [0.15, 0.2) is 70.5 Å². The van der Waals surface area contributed by atoms with E-state index in [1.807, 2.05) is 18.2 Å². The fraction of sp³-hybridized carbons (Fsp3) is 0. The van der Waals surface area contributed by atoms with Gasteiger partial charge in [-0.3, -0.25) is 14.9 Å². The largest absolute Gasteiger partial charge is 0.288 e. The first-order valence-corrected chi connectivity index (χ1v) is 7.42. The number of para-hydroxylation sites is 1. The molecule has 0 spiro atoms. The van der Waals surface area contributed by atoms with Crippen LogP contribution in [-0.2, 0) is 0 Å². The number of rotatable bonds is 3. The molecule has 0 aliphatic carbocycles. The van der Waals surface area contributed by atoms with Gasteiger partial charge in [-0.25, -0.2) is 0 Å². The van der Waals surface area contributed by atoms with Gasteiger partial charge in [0.25, 0.3) is 5.69 Å². The second-order valence-corrected chi connectivity index (χ2v) is 5.72. The van der Waals surface area contributed by atoms with Gasteiger partial charge < -0.3 is 0 Å². The highest BCUT2D eigenvalue weighted by molar-refractivity contribution is 8.04. The van der Waals surface area contributed by atoms with E-state index in [4.69, 9.17) is 0 Å². The molecule has 108 valence electrons. The number of nitro groups is 1. The van der Waals surface area contributed by atoms with Crippen LogP contribution in [0.2, 0.25) is 0 Å². The zero-order valence-electron chi connectivity index (χ0n) is 11.4. The van der Waals surface area contributed by atoms with Crippen LogP contribution in [0.1, 0.15) is 15.9 Å². The molecule has 0 radical (unpaired) electrons. The highest BCUT2D eigenvalue weighted by Crippen LogP contribution is 2.39. The maximum Gasteiger partial charge on any atom is 0.276 e. The van der Waals surface area contributed by atoms with Gasteiger partial charge in [0.15, 0.2) is 0 Å². The quantitative estimate of drug-likeness (QED) is 0.476. The summed E-state index contributed by atoms with van der Waals surface area (Å²) in [5.74, 6) is -0.00666. The number of allylic oxidation sites excluding steroid dienone is 3. The average molecular weight is 309 g/mol. The monoisotopic (exact) mass is 309 g/mol. The van der Waals surface area contributed by atoms with Gasteiger partial charge in [0.1, 0.15) is 0 Å². The number of carbonyl (C=O) groups excluding carboxylic acids is 1. The minimum Gasteiger partial charge on any atom is -0.288 e. The van der Waals surface area contributed by atoms with Crippen molar-refractivity contribution in [3.05, 3.63) is 86.8 Å². The normalized spacial score (nSPS) is 15.5. The lowest BCUT2D eigenvalue weighted by Gasteiger charge is -1.95. The van der Waals surface area contributed by atoms with Crippen LogP contribution >= 0.6 is 11.8 Å². The Kier molecular flexibility index (Phi) is 3.89. The molecule has 0 aromatic heterocycles. The summed E-state index contributed by atoms with van der Waals surface area (Å²) in [7, 11) is 0. The van der Waals surface area contributed by atoms with E-state index in [1.54, 1.807) is 42.5 Å². The Morgan fingerprint density at radius 2 is 1.77 bits per heavy atom. The number of benzene rings is 2. The van der Waals surface area contributed by atoms with Crippen molar-refractivity contribution in [1.29, 1.82) is 0 Å². The van der Waals surface area contributed by atoms with Crippen molar-refractivity contribution >= 4 is 29.3 Å². The second-order valence-electron chi connectivity index (χ2n) is 4.63. The van der Waals surface area contributed by atoms with E-state index in [2.05, 4.69) is 0 Å². The maximum absolute atomic E-state index is 12.2. The molecule has 2 aromatic rings. The van der Waals surface area contributed by atoms with Crippen molar-refractivity contribution in [2.45, 2.75) is 4.90 Å². The zero-order valence-corrected chi connectivity index (χ0v) is 12.2. The van der Waals surface area contributed by atoms with Crippen molar-refractivity contribution in [3.63, 3.8) is 0 Å². The van der Waals surface area contributed by atoms with E-state index in [0.29, 0.717) is 16.0 Å². The smallest absolute Gasteiger partial charge is 0.276 e. The molecule has 2 aromatic carbocycles. The molecule has 0 fully saturated rings. The summed E-state index contributed by atoms with van der Waals surface area (Å²) >= 11 is 1.42. The Labute approximate surface area is 131 Å². The van der Waals surface area contributed by atoms with Gasteiger partial charge in [-0.2, -0.15) is 0 Å². The summed E-state index contributed by atoms with van der Waals surface area (Å²) in [5.41, 5.74) is 1.26. The van der Waals surface area contributed by atoms with Gasteiger partial charge in [-0.05, 0) is 30.4 Å². The molecule has 22 heavy (non-hydrogen) atoms. The van der Waals surface area contributed by atoms with Crippen molar-refractivity contribution in [1.82, 2.24) is 0 Å². The predicted octanol–water partition coefficient (Wildman–Crippen LogP) is 4.48. The second kappa shape index (κ2) is 5.99. The minimum absolute atomic E-state index is 0.00666. The van der Waals surface area contributed by atoms with Crippen LogP contribution in [0.3, 0.4) is 0 Å². The molecular formula is C17H11NO3S. The van der Waals surface area contributed by atoms with Crippen LogP contribution in [0.25, 0.3) is 6.08 Å². The molecule has 0 bridgehead atoms. The lowest BCUT2D eigenvalue weighted by atomic mass is 10.1. The third-order valence-electron chi connectivity index (χ3n) is 3.23. The number of thioether (sulfide) groups is 1. The molecule has 3 rings (SSSR count). The fourth-order valence-corrected chi connectivity index (χ4v) is 3.19. The van der Waals surface area contributed by atoms with E-state index in [-0.39, 0.29) is 11.5 Å². The molecule has 1 aliphatic heterocycles. The summed E-state index contributed by atoms with van der Waals surface area (Å²) in [6.45, 7) is 0. The van der Waals surface area contributed by atoms with Gasteiger partial charge in [0, 0.05) is 16.5 Å². The number of nitrogens with zero attached hydrogens (tertiary/aromatic N) is 1. The predicted molar refractivity (Wildman–Crippen MR) is 86.8 cm³/mol. The van der Waals surface area contributed by atoms with Crippen LogP contribution in [-0.4, -0.2) is 10.7 Å².